The summed E-state index contributed by atoms with van der Waals surface area (Å²) in [7, 11) is -2.38. The summed E-state index contributed by atoms with van der Waals surface area (Å²) >= 11 is 1.42. The summed E-state index contributed by atoms with van der Waals surface area (Å²) in [6, 6.07) is 12.4. The molecule has 0 saturated heterocycles. The smallest absolute Gasteiger partial charge is 0.268 e. The molecule has 162 valence electrons. The molecule has 0 aliphatic carbocycles. The number of amides is 1. The normalized spacial score (nSPS) is 13.6. The van der Waals surface area contributed by atoms with Gasteiger partial charge in [-0.3, -0.25) is 9.52 Å². The number of anilines is 2. The molecule has 31 heavy (non-hydrogen) atoms. The van der Waals surface area contributed by atoms with Crippen LogP contribution in [0.3, 0.4) is 0 Å². The quantitative estimate of drug-likeness (QED) is 0.600. The van der Waals surface area contributed by atoms with E-state index in [1.54, 1.807) is 23.1 Å². The maximum atomic E-state index is 13.1. The lowest BCUT2D eigenvalue weighted by Crippen LogP contribution is -2.35. The van der Waals surface area contributed by atoms with Crippen LogP contribution in [0.4, 0.5) is 11.4 Å². The molecule has 0 saturated carbocycles. The molecule has 0 spiro atoms. The Morgan fingerprint density at radius 1 is 1.13 bits per heavy atom. The summed E-state index contributed by atoms with van der Waals surface area (Å²) in [5.74, 6) is 0.283. The summed E-state index contributed by atoms with van der Waals surface area (Å²) in [4.78, 5) is 15.4. The minimum absolute atomic E-state index is 0.0239. The van der Waals surface area contributed by atoms with Crippen LogP contribution in [0.25, 0.3) is 0 Å². The zero-order valence-electron chi connectivity index (χ0n) is 17.6. The molecule has 2 heterocycles. The number of fused-ring (bicyclic) bond motifs is 1. The Bertz CT molecular complexity index is 1230. The first kappa shape index (κ1) is 21.4. The third-order valence-electron chi connectivity index (χ3n) is 5.50. The topological polar surface area (TPSA) is 75.7 Å². The zero-order chi connectivity index (χ0) is 22.2. The summed E-state index contributed by atoms with van der Waals surface area (Å²) in [5, 5.41) is 1.89. The number of thiophene rings is 1. The summed E-state index contributed by atoms with van der Waals surface area (Å²) < 4.78 is 34.2. The van der Waals surface area contributed by atoms with Gasteiger partial charge in [0.2, 0.25) is 0 Å². The monoisotopic (exact) mass is 456 g/mol. The number of hydrogen-bond donors (Lipinski definition) is 1. The lowest BCUT2D eigenvalue weighted by Gasteiger charge is -2.29. The number of aryl methyl sites for hydroxylation is 3. The van der Waals surface area contributed by atoms with E-state index in [-0.39, 0.29) is 10.8 Å². The second-order valence-electron chi connectivity index (χ2n) is 7.57. The van der Waals surface area contributed by atoms with Crippen molar-refractivity contribution in [2.45, 2.75) is 31.6 Å². The van der Waals surface area contributed by atoms with Gasteiger partial charge in [-0.1, -0.05) is 6.07 Å². The minimum atomic E-state index is -3.84. The van der Waals surface area contributed by atoms with Crippen molar-refractivity contribution < 1.29 is 17.9 Å². The van der Waals surface area contributed by atoms with E-state index in [4.69, 9.17) is 4.74 Å². The molecule has 0 atom stereocenters. The van der Waals surface area contributed by atoms with E-state index in [2.05, 4.69) is 4.72 Å². The predicted octanol–water partition coefficient (Wildman–Crippen LogP) is 4.77. The third kappa shape index (κ3) is 4.18. The number of nitrogens with zero attached hydrogens (tertiary/aromatic N) is 1. The molecule has 1 aliphatic rings. The SMILES string of the molecule is COc1cc(C)c(C)cc1S(=O)(=O)Nc1ccc2c(c1)CCCN2C(=O)c1cccs1. The van der Waals surface area contributed by atoms with Gasteiger partial charge in [0.1, 0.15) is 10.6 Å². The highest BCUT2D eigenvalue weighted by Gasteiger charge is 2.26. The van der Waals surface area contributed by atoms with E-state index in [0.717, 1.165) is 35.2 Å². The Hall–Kier alpha value is -2.84. The van der Waals surface area contributed by atoms with Crippen LogP contribution in [-0.4, -0.2) is 28.0 Å². The number of nitrogens with one attached hydrogen (secondary N) is 1. The molecule has 4 rings (SSSR count). The van der Waals surface area contributed by atoms with Crippen LogP contribution < -0.4 is 14.4 Å². The number of benzene rings is 2. The lowest BCUT2D eigenvalue weighted by molar-refractivity contribution is 0.0989. The molecule has 6 nitrogen and oxygen atoms in total. The Morgan fingerprint density at radius 3 is 2.61 bits per heavy atom. The molecule has 8 heteroatoms. The van der Waals surface area contributed by atoms with Crippen LogP contribution in [0.15, 0.2) is 52.7 Å². The molecule has 1 N–H and O–H groups in total. The van der Waals surface area contributed by atoms with Gasteiger partial charge in [0, 0.05) is 17.9 Å². The van der Waals surface area contributed by atoms with E-state index in [9.17, 15) is 13.2 Å². The van der Waals surface area contributed by atoms with Crippen molar-refractivity contribution in [1.29, 1.82) is 0 Å². The van der Waals surface area contributed by atoms with Gasteiger partial charge in [0.05, 0.1) is 12.0 Å². The molecule has 0 bridgehead atoms. The third-order valence-corrected chi connectivity index (χ3v) is 7.76. The highest BCUT2D eigenvalue weighted by molar-refractivity contribution is 7.92. The van der Waals surface area contributed by atoms with Crippen LogP contribution in [-0.2, 0) is 16.4 Å². The standard InChI is InChI=1S/C23H24N2O4S2/c1-15-12-20(29-3)22(13-16(15)2)31(27,28)24-18-8-9-19-17(14-18)6-4-10-25(19)23(26)21-7-5-11-30-21/h5,7-9,11-14,24H,4,6,10H2,1-3H3. The van der Waals surface area contributed by atoms with Gasteiger partial charge in [-0.25, -0.2) is 8.42 Å². The molecular weight excluding hydrogens is 432 g/mol. The molecule has 1 aliphatic heterocycles. The predicted molar refractivity (Wildman–Crippen MR) is 124 cm³/mol. The van der Waals surface area contributed by atoms with Gasteiger partial charge in [0.15, 0.2) is 0 Å². The number of carbonyl (C=O) groups is 1. The first-order valence-electron chi connectivity index (χ1n) is 9.96. The van der Waals surface area contributed by atoms with E-state index in [1.807, 2.05) is 43.5 Å². The van der Waals surface area contributed by atoms with Gasteiger partial charge in [0.25, 0.3) is 15.9 Å². The Kier molecular flexibility index (Phi) is 5.77. The van der Waals surface area contributed by atoms with Crippen molar-refractivity contribution in [3.8, 4) is 5.75 Å². The van der Waals surface area contributed by atoms with Crippen LogP contribution in [0.5, 0.6) is 5.75 Å². The largest absolute Gasteiger partial charge is 0.495 e. The molecule has 0 radical (unpaired) electrons. The molecule has 1 amide bonds. The fourth-order valence-corrected chi connectivity index (χ4v) is 5.71. The van der Waals surface area contributed by atoms with E-state index in [0.29, 0.717) is 22.9 Å². The van der Waals surface area contributed by atoms with Crippen molar-refractivity contribution in [1.82, 2.24) is 0 Å². The van der Waals surface area contributed by atoms with Crippen molar-refractivity contribution in [2.24, 2.45) is 0 Å². The number of rotatable bonds is 5. The van der Waals surface area contributed by atoms with Crippen molar-refractivity contribution in [2.75, 3.05) is 23.3 Å². The molecule has 1 aromatic heterocycles. The minimum Gasteiger partial charge on any atom is -0.495 e. The Labute approximate surface area is 186 Å². The second-order valence-corrected chi connectivity index (χ2v) is 10.2. The number of carbonyl (C=O) groups excluding carboxylic acids is 1. The average molecular weight is 457 g/mol. The zero-order valence-corrected chi connectivity index (χ0v) is 19.3. The Morgan fingerprint density at radius 2 is 1.90 bits per heavy atom. The molecular formula is C23H24N2O4S2. The van der Waals surface area contributed by atoms with E-state index < -0.39 is 10.0 Å². The number of sulfonamides is 1. The first-order valence-corrected chi connectivity index (χ1v) is 12.3. The van der Waals surface area contributed by atoms with E-state index in [1.165, 1.54) is 18.4 Å². The highest BCUT2D eigenvalue weighted by Crippen LogP contribution is 2.33. The van der Waals surface area contributed by atoms with Crippen LogP contribution >= 0.6 is 11.3 Å². The highest BCUT2D eigenvalue weighted by atomic mass is 32.2. The number of methoxy groups -OCH3 is 1. The van der Waals surface area contributed by atoms with Gasteiger partial charge in [-0.2, -0.15) is 0 Å². The number of ether oxygens (including phenoxy) is 1. The average Bonchev–Trinajstić information content (AvgIpc) is 3.28. The molecule has 3 aromatic rings. The molecule has 2 aromatic carbocycles. The van der Waals surface area contributed by atoms with Crippen LogP contribution in [0.2, 0.25) is 0 Å². The maximum Gasteiger partial charge on any atom is 0.268 e. The lowest BCUT2D eigenvalue weighted by atomic mass is 10.0. The van der Waals surface area contributed by atoms with Gasteiger partial charge in [-0.15, -0.1) is 11.3 Å². The van der Waals surface area contributed by atoms with Gasteiger partial charge in [-0.05, 0) is 85.2 Å². The number of hydrogen-bond acceptors (Lipinski definition) is 5. The van der Waals surface area contributed by atoms with Crippen molar-refractivity contribution in [3.63, 3.8) is 0 Å². The first-order chi connectivity index (χ1) is 14.8. The fourth-order valence-electron chi connectivity index (χ4n) is 3.75. The van der Waals surface area contributed by atoms with Crippen LogP contribution in [0.1, 0.15) is 32.8 Å². The van der Waals surface area contributed by atoms with Crippen LogP contribution in [0, 0.1) is 13.8 Å². The molecule has 0 unspecified atom stereocenters. The van der Waals surface area contributed by atoms with Gasteiger partial charge < -0.3 is 9.64 Å². The maximum absolute atomic E-state index is 13.1. The summed E-state index contributed by atoms with van der Waals surface area (Å²) in [6.45, 7) is 4.43. The summed E-state index contributed by atoms with van der Waals surface area (Å²) in [6.07, 6.45) is 1.61. The van der Waals surface area contributed by atoms with E-state index >= 15 is 0 Å². The Balaban J connectivity index is 1.64. The fraction of sp³-hybridized carbons (Fsp3) is 0.261. The molecule has 0 fully saturated rings. The van der Waals surface area contributed by atoms with Crippen molar-refractivity contribution >= 4 is 38.6 Å². The van der Waals surface area contributed by atoms with Crippen molar-refractivity contribution in [3.05, 3.63) is 69.4 Å². The summed E-state index contributed by atoms with van der Waals surface area (Å²) in [5.41, 5.74) is 4.07. The second kappa shape index (κ2) is 8.36. The van der Waals surface area contributed by atoms with Gasteiger partial charge >= 0.3 is 0 Å².